The first-order valence-corrected chi connectivity index (χ1v) is 10.6. The second-order valence-corrected chi connectivity index (χ2v) is 9.24. The van der Waals surface area contributed by atoms with Crippen molar-refractivity contribution in [1.82, 2.24) is 19.8 Å². The van der Waals surface area contributed by atoms with E-state index in [4.69, 9.17) is 0 Å². The number of carbonyl (C=O) groups excluding carboxylic acids is 1. The molecular formula is C17H18N4O3S2. The third-order valence-electron chi connectivity index (χ3n) is 4.46. The Bertz CT molecular complexity index is 1060. The van der Waals surface area contributed by atoms with Gasteiger partial charge in [-0.1, -0.05) is 18.2 Å². The third kappa shape index (κ3) is 3.02. The predicted molar refractivity (Wildman–Crippen MR) is 101 cm³/mol. The highest BCUT2D eigenvalue weighted by atomic mass is 32.2. The van der Waals surface area contributed by atoms with Gasteiger partial charge in [0.15, 0.2) is 0 Å². The molecule has 4 rings (SSSR count). The number of hydrogen-bond donors (Lipinski definition) is 2. The smallest absolute Gasteiger partial charge is 0.274 e. The van der Waals surface area contributed by atoms with Crippen LogP contribution in [0.25, 0.3) is 15.9 Å². The number of thiophene rings is 1. The summed E-state index contributed by atoms with van der Waals surface area (Å²) in [6.07, 6.45) is 0.511. The highest BCUT2D eigenvalue weighted by Gasteiger charge is 2.31. The van der Waals surface area contributed by atoms with E-state index in [2.05, 4.69) is 15.1 Å². The van der Waals surface area contributed by atoms with Crippen LogP contribution >= 0.6 is 11.3 Å². The molecular weight excluding hydrogens is 372 g/mol. The summed E-state index contributed by atoms with van der Waals surface area (Å²) in [7, 11) is -3.68. The normalized spacial score (nSPS) is 17.7. The van der Waals surface area contributed by atoms with Crippen molar-refractivity contribution in [3.8, 4) is 5.69 Å². The minimum Gasteiger partial charge on any atom is -0.315 e. The van der Waals surface area contributed by atoms with Crippen molar-refractivity contribution < 1.29 is 13.2 Å². The van der Waals surface area contributed by atoms with Crippen molar-refractivity contribution >= 4 is 37.5 Å². The van der Waals surface area contributed by atoms with Gasteiger partial charge < -0.3 is 5.32 Å². The highest BCUT2D eigenvalue weighted by Crippen LogP contribution is 2.30. The van der Waals surface area contributed by atoms with E-state index >= 15 is 0 Å². The molecule has 1 amide bonds. The Morgan fingerprint density at radius 3 is 2.81 bits per heavy atom. The molecule has 1 unspecified atom stereocenters. The Balaban J connectivity index is 1.66. The summed E-state index contributed by atoms with van der Waals surface area (Å²) in [5.74, 6) is -0.586. The average Bonchev–Trinajstić information content (AvgIpc) is 3.33. The van der Waals surface area contributed by atoms with E-state index in [9.17, 15) is 13.2 Å². The monoisotopic (exact) mass is 390 g/mol. The Labute approximate surface area is 155 Å². The summed E-state index contributed by atoms with van der Waals surface area (Å²) in [4.78, 5) is 13.7. The van der Waals surface area contributed by atoms with Crippen LogP contribution in [0.2, 0.25) is 0 Å². The zero-order chi connectivity index (χ0) is 18.3. The van der Waals surface area contributed by atoms with Crippen molar-refractivity contribution in [2.24, 2.45) is 0 Å². The largest absolute Gasteiger partial charge is 0.315 e. The van der Waals surface area contributed by atoms with Crippen LogP contribution in [0.5, 0.6) is 0 Å². The van der Waals surface area contributed by atoms with E-state index in [0.717, 1.165) is 21.6 Å². The van der Waals surface area contributed by atoms with E-state index in [1.54, 1.807) is 10.7 Å². The van der Waals surface area contributed by atoms with Crippen LogP contribution in [-0.4, -0.2) is 42.4 Å². The minimum absolute atomic E-state index is 0.361. The van der Waals surface area contributed by atoms with Gasteiger partial charge in [0, 0.05) is 11.9 Å². The first-order chi connectivity index (χ1) is 12.5. The van der Waals surface area contributed by atoms with Crippen molar-refractivity contribution in [2.75, 3.05) is 13.1 Å². The van der Waals surface area contributed by atoms with Crippen LogP contribution in [0.1, 0.15) is 21.8 Å². The number of nitrogens with one attached hydrogen (secondary N) is 2. The van der Waals surface area contributed by atoms with Gasteiger partial charge in [0.1, 0.15) is 4.83 Å². The molecule has 2 N–H and O–H groups in total. The second kappa shape index (κ2) is 6.49. The minimum atomic E-state index is -3.68. The molecule has 1 aliphatic rings. The van der Waals surface area contributed by atoms with Crippen LogP contribution in [0.4, 0.5) is 0 Å². The average molecular weight is 390 g/mol. The fraction of sp³-hybridized carbons (Fsp3) is 0.294. The quantitative estimate of drug-likeness (QED) is 0.709. The number of amides is 1. The Morgan fingerprint density at radius 2 is 2.12 bits per heavy atom. The number of aromatic nitrogens is 2. The van der Waals surface area contributed by atoms with Gasteiger partial charge in [-0.2, -0.15) is 5.10 Å². The molecule has 0 bridgehead atoms. The molecule has 136 valence electrons. The molecule has 0 radical (unpaired) electrons. The number of aryl methyl sites for hydroxylation is 1. The van der Waals surface area contributed by atoms with E-state index in [1.165, 1.54) is 11.3 Å². The molecule has 1 fully saturated rings. The lowest BCUT2D eigenvalue weighted by atomic mass is 10.3. The van der Waals surface area contributed by atoms with E-state index in [-0.39, 0.29) is 0 Å². The number of sulfonamides is 1. The van der Waals surface area contributed by atoms with Crippen LogP contribution in [-0.2, 0) is 10.0 Å². The van der Waals surface area contributed by atoms with Crippen LogP contribution in [0, 0.1) is 6.92 Å². The molecule has 0 saturated carbocycles. The lowest BCUT2D eigenvalue weighted by molar-refractivity contribution is 0.0985. The van der Waals surface area contributed by atoms with Gasteiger partial charge in [-0.15, -0.1) is 11.3 Å². The fourth-order valence-electron chi connectivity index (χ4n) is 3.06. The molecule has 1 saturated heterocycles. The van der Waals surface area contributed by atoms with Gasteiger partial charge >= 0.3 is 0 Å². The number of hydrogen-bond acceptors (Lipinski definition) is 6. The van der Waals surface area contributed by atoms with Gasteiger partial charge in [0.2, 0.25) is 10.0 Å². The van der Waals surface area contributed by atoms with Crippen LogP contribution in [0.15, 0.2) is 36.4 Å². The van der Waals surface area contributed by atoms with Gasteiger partial charge in [-0.25, -0.2) is 17.8 Å². The SMILES string of the molecule is Cc1nn(-c2ccccc2)c2sc(C(=O)NS(=O)(=O)C3CCNC3)cc12. The van der Waals surface area contributed by atoms with Crippen LogP contribution in [0.3, 0.4) is 0 Å². The second-order valence-electron chi connectivity index (χ2n) is 6.25. The Morgan fingerprint density at radius 1 is 1.35 bits per heavy atom. The first kappa shape index (κ1) is 17.2. The van der Waals surface area contributed by atoms with Gasteiger partial charge in [0.05, 0.1) is 21.5 Å². The van der Waals surface area contributed by atoms with E-state index in [1.807, 2.05) is 37.3 Å². The molecule has 3 aromatic rings. The maximum absolute atomic E-state index is 12.5. The summed E-state index contributed by atoms with van der Waals surface area (Å²) < 4.78 is 28.7. The zero-order valence-corrected chi connectivity index (χ0v) is 15.7. The molecule has 7 nitrogen and oxygen atoms in total. The van der Waals surface area contributed by atoms with Crippen molar-refractivity contribution in [3.05, 3.63) is 47.0 Å². The van der Waals surface area contributed by atoms with E-state index in [0.29, 0.717) is 24.4 Å². The molecule has 1 aliphatic heterocycles. The molecule has 0 spiro atoms. The summed E-state index contributed by atoms with van der Waals surface area (Å²) >= 11 is 1.24. The first-order valence-electron chi connectivity index (χ1n) is 8.27. The lowest BCUT2D eigenvalue weighted by Gasteiger charge is -2.10. The molecule has 1 aromatic carbocycles. The third-order valence-corrected chi connectivity index (χ3v) is 7.32. The van der Waals surface area contributed by atoms with Crippen molar-refractivity contribution in [3.63, 3.8) is 0 Å². The zero-order valence-electron chi connectivity index (χ0n) is 14.1. The van der Waals surface area contributed by atoms with Gasteiger partial charge in [-0.05, 0) is 38.1 Å². The molecule has 2 aromatic heterocycles. The van der Waals surface area contributed by atoms with E-state index < -0.39 is 21.2 Å². The molecule has 0 aliphatic carbocycles. The molecule has 26 heavy (non-hydrogen) atoms. The summed E-state index contributed by atoms with van der Waals surface area (Å²) in [5, 5.41) is 7.81. The predicted octanol–water partition coefficient (Wildman–Crippen LogP) is 1.82. The maximum Gasteiger partial charge on any atom is 0.274 e. The molecule has 1 atom stereocenters. The molecule has 3 heterocycles. The number of benzene rings is 1. The molecule has 9 heteroatoms. The fourth-order valence-corrected chi connectivity index (χ4v) is 5.50. The number of carbonyl (C=O) groups is 1. The highest BCUT2D eigenvalue weighted by molar-refractivity contribution is 7.90. The number of para-hydroxylation sites is 1. The summed E-state index contributed by atoms with van der Waals surface area (Å²) in [6, 6.07) is 11.3. The topological polar surface area (TPSA) is 93.1 Å². The lowest BCUT2D eigenvalue weighted by Crippen LogP contribution is -2.39. The summed E-state index contributed by atoms with van der Waals surface area (Å²) in [6.45, 7) is 2.89. The van der Waals surface area contributed by atoms with Crippen molar-refractivity contribution in [1.29, 1.82) is 0 Å². The Hall–Kier alpha value is -2.23. The van der Waals surface area contributed by atoms with Gasteiger partial charge in [0.25, 0.3) is 5.91 Å². The standard InChI is InChI=1S/C17H18N4O3S2/c1-11-14-9-15(16(22)20-26(23,24)13-7-8-18-10-13)25-17(14)21(19-11)12-5-3-2-4-6-12/h2-6,9,13,18H,7-8,10H2,1H3,(H,20,22). The van der Waals surface area contributed by atoms with Crippen LogP contribution < -0.4 is 10.0 Å². The number of nitrogens with zero attached hydrogens (tertiary/aromatic N) is 2. The maximum atomic E-state index is 12.5. The number of rotatable bonds is 4. The summed E-state index contributed by atoms with van der Waals surface area (Å²) in [5.41, 5.74) is 1.69. The van der Waals surface area contributed by atoms with Gasteiger partial charge in [-0.3, -0.25) is 4.79 Å². The Kier molecular flexibility index (Phi) is 4.29. The number of fused-ring (bicyclic) bond motifs is 1. The van der Waals surface area contributed by atoms with Crippen molar-refractivity contribution in [2.45, 2.75) is 18.6 Å².